The molecule has 36 heavy (non-hydrogen) atoms. The van der Waals surface area contributed by atoms with Crippen molar-refractivity contribution in [3.05, 3.63) is 98.9 Å². The number of ether oxygens (including phenoxy) is 1. The molecule has 0 atom stereocenters. The van der Waals surface area contributed by atoms with Gasteiger partial charge in [0.2, 0.25) is 0 Å². The monoisotopic (exact) mass is 534 g/mol. The molecule has 3 aromatic carbocycles. The fourth-order valence-electron chi connectivity index (χ4n) is 4.64. The number of rotatable bonds is 8. The van der Waals surface area contributed by atoms with Gasteiger partial charge < -0.3 is 9.84 Å². The van der Waals surface area contributed by atoms with Crippen LogP contribution in [0.1, 0.15) is 22.3 Å². The number of hydrogen-bond acceptors (Lipinski definition) is 7. The van der Waals surface area contributed by atoms with E-state index in [0.29, 0.717) is 5.75 Å². The minimum atomic E-state index is 0.364. The van der Waals surface area contributed by atoms with Gasteiger partial charge in [-0.15, -0.1) is 0 Å². The second-order valence-corrected chi connectivity index (χ2v) is 12.0. The molecule has 7 heteroatoms. The van der Waals surface area contributed by atoms with Gasteiger partial charge in [0.1, 0.15) is 15.3 Å². The van der Waals surface area contributed by atoms with Gasteiger partial charge in [-0.2, -0.15) is 0 Å². The van der Waals surface area contributed by atoms with Gasteiger partial charge in [-0.25, -0.2) is 0 Å². The van der Waals surface area contributed by atoms with Gasteiger partial charge in [-0.3, -0.25) is 9.80 Å². The Hall–Kier alpha value is -2.55. The minimum absolute atomic E-state index is 0.364. The average Bonchev–Trinajstić information content (AvgIpc) is 3.27. The average molecular weight is 535 g/mol. The van der Waals surface area contributed by atoms with Crippen molar-refractivity contribution in [2.75, 3.05) is 33.3 Å². The van der Waals surface area contributed by atoms with E-state index in [1.165, 1.54) is 21.6 Å². The molecule has 186 valence electrons. The van der Waals surface area contributed by atoms with Gasteiger partial charge in [-0.05, 0) is 47.0 Å². The third-order valence-corrected chi connectivity index (χ3v) is 9.90. The maximum absolute atomic E-state index is 10.6. The van der Waals surface area contributed by atoms with E-state index in [1.807, 2.05) is 30.3 Å². The summed E-state index contributed by atoms with van der Waals surface area (Å²) in [5, 5.41) is 10.6. The number of nitrogens with zero attached hydrogens (tertiary/aromatic N) is 2. The van der Waals surface area contributed by atoms with Gasteiger partial charge >= 0.3 is 0 Å². The number of benzene rings is 3. The van der Waals surface area contributed by atoms with Gasteiger partial charge in [0.15, 0.2) is 0 Å². The van der Waals surface area contributed by atoms with Crippen molar-refractivity contribution in [3.8, 4) is 21.9 Å². The Labute approximate surface area is 225 Å². The third-order valence-electron chi connectivity index (χ3n) is 6.71. The van der Waals surface area contributed by atoms with Crippen LogP contribution in [0.3, 0.4) is 0 Å². The molecule has 0 aliphatic carbocycles. The summed E-state index contributed by atoms with van der Waals surface area (Å²) in [4.78, 5) is 6.14. The summed E-state index contributed by atoms with van der Waals surface area (Å²) in [6.07, 6.45) is 0.835. The highest BCUT2D eigenvalue weighted by molar-refractivity contribution is 7.80. The normalized spacial score (nSPS) is 14.7. The topological polar surface area (TPSA) is 35.9 Å². The molecule has 0 saturated carbocycles. The van der Waals surface area contributed by atoms with Crippen LogP contribution in [0.5, 0.6) is 11.5 Å². The van der Waals surface area contributed by atoms with E-state index < -0.39 is 0 Å². The molecule has 2 heterocycles. The SMILES string of the molecule is COc1ccc(CN2CCN(Cc3cc(-c4ssc(=S)c4Cc4ccccc4)ccc3O)CC2)cc1. The van der Waals surface area contributed by atoms with Gasteiger partial charge in [0.25, 0.3) is 0 Å². The molecular formula is C29H30N2O2S3. The molecule has 1 aliphatic heterocycles. The highest BCUT2D eigenvalue weighted by Gasteiger charge is 2.19. The van der Waals surface area contributed by atoms with Crippen molar-refractivity contribution in [2.45, 2.75) is 19.5 Å². The number of phenols is 1. The van der Waals surface area contributed by atoms with E-state index in [4.69, 9.17) is 17.0 Å². The Morgan fingerprint density at radius 1 is 0.833 bits per heavy atom. The van der Waals surface area contributed by atoms with Crippen molar-refractivity contribution in [3.63, 3.8) is 0 Å². The van der Waals surface area contributed by atoms with Gasteiger partial charge in [0.05, 0.1) is 12.0 Å². The summed E-state index contributed by atoms with van der Waals surface area (Å²) >= 11 is 5.69. The summed E-state index contributed by atoms with van der Waals surface area (Å²) in [5.74, 6) is 1.26. The molecule has 0 amide bonds. The first-order valence-electron chi connectivity index (χ1n) is 12.1. The van der Waals surface area contributed by atoms with E-state index in [0.717, 1.165) is 66.4 Å². The lowest BCUT2D eigenvalue weighted by atomic mass is 10.0. The number of methoxy groups -OCH3 is 1. The van der Waals surface area contributed by atoms with Crippen LogP contribution in [-0.4, -0.2) is 48.2 Å². The Morgan fingerprint density at radius 3 is 2.22 bits per heavy atom. The lowest BCUT2D eigenvalue weighted by molar-refractivity contribution is 0.121. The second kappa shape index (κ2) is 11.7. The van der Waals surface area contributed by atoms with E-state index in [1.54, 1.807) is 27.8 Å². The number of hydrogen-bond donors (Lipinski definition) is 1. The summed E-state index contributed by atoms with van der Waals surface area (Å²) < 4.78 is 6.23. The molecule has 1 N–H and O–H groups in total. The van der Waals surface area contributed by atoms with Crippen LogP contribution in [0.15, 0.2) is 72.8 Å². The van der Waals surface area contributed by atoms with Gasteiger partial charge in [0, 0.05) is 56.8 Å². The molecule has 1 saturated heterocycles. The predicted molar refractivity (Wildman–Crippen MR) is 153 cm³/mol. The van der Waals surface area contributed by atoms with E-state index in [-0.39, 0.29) is 0 Å². The second-order valence-electron chi connectivity index (χ2n) is 9.17. The highest BCUT2D eigenvalue weighted by atomic mass is 32.9. The summed E-state index contributed by atoms with van der Waals surface area (Å²) in [5.41, 5.74) is 5.91. The molecule has 1 aliphatic rings. The lowest BCUT2D eigenvalue weighted by Crippen LogP contribution is -2.45. The van der Waals surface area contributed by atoms with Crippen molar-refractivity contribution >= 4 is 32.9 Å². The molecule has 4 nitrogen and oxygen atoms in total. The Bertz CT molecular complexity index is 1340. The van der Waals surface area contributed by atoms with Crippen LogP contribution in [-0.2, 0) is 19.5 Å². The van der Waals surface area contributed by atoms with Crippen LogP contribution in [0.2, 0.25) is 0 Å². The first kappa shape index (κ1) is 25.1. The fourth-order valence-corrected chi connectivity index (χ4v) is 7.55. The quantitative estimate of drug-likeness (QED) is 0.198. The Kier molecular flexibility index (Phi) is 8.14. The van der Waals surface area contributed by atoms with Crippen LogP contribution in [0.25, 0.3) is 10.4 Å². The maximum Gasteiger partial charge on any atom is 0.120 e. The molecule has 0 radical (unpaired) electrons. The standard InChI is InChI=1S/C29H30N2O2S3/c1-33-25-10-7-22(8-11-25)19-30-13-15-31(16-14-30)20-24-18-23(9-12-27(24)32)28-26(29(34)36-35-28)17-21-5-3-2-4-6-21/h2-12,18,32H,13-17,19-20H2,1H3. The van der Waals surface area contributed by atoms with Crippen molar-refractivity contribution in [1.29, 1.82) is 0 Å². The van der Waals surface area contributed by atoms with E-state index in [9.17, 15) is 5.11 Å². The molecule has 4 aromatic rings. The van der Waals surface area contributed by atoms with Crippen molar-refractivity contribution < 1.29 is 9.84 Å². The smallest absolute Gasteiger partial charge is 0.120 e. The number of phenolic OH excluding ortho intramolecular Hbond substituents is 1. The van der Waals surface area contributed by atoms with Crippen molar-refractivity contribution in [2.24, 2.45) is 0 Å². The molecular weight excluding hydrogens is 505 g/mol. The maximum atomic E-state index is 10.6. The first-order chi connectivity index (χ1) is 17.6. The highest BCUT2D eigenvalue weighted by Crippen LogP contribution is 2.38. The Morgan fingerprint density at radius 2 is 1.53 bits per heavy atom. The lowest BCUT2D eigenvalue weighted by Gasteiger charge is -2.35. The number of piperazine rings is 1. The first-order valence-corrected chi connectivity index (χ1v) is 14.7. The fraction of sp³-hybridized carbons (Fsp3) is 0.276. The zero-order valence-corrected chi connectivity index (χ0v) is 22.8. The zero-order chi connectivity index (χ0) is 24.9. The molecule has 1 fully saturated rings. The molecule has 0 unspecified atom stereocenters. The third kappa shape index (κ3) is 6.05. The summed E-state index contributed by atoms with van der Waals surface area (Å²) in [6, 6.07) is 24.8. The van der Waals surface area contributed by atoms with E-state index in [2.05, 4.69) is 52.3 Å². The zero-order valence-electron chi connectivity index (χ0n) is 20.4. The molecule has 0 spiro atoms. The largest absolute Gasteiger partial charge is 0.508 e. The number of aromatic hydroxyl groups is 1. The van der Waals surface area contributed by atoms with Crippen molar-refractivity contribution in [1.82, 2.24) is 9.80 Å². The summed E-state index contributed by atoms with van der Waals surface area (Å²) in [6.45, 7) is 5.69. The van der Waals surface area contributed by atoms with Crippen LogP contribution in [0, 0.1) is 3.82 Å². The molecule has 1 aromatic heterocycles. The predicted octanol–water partition coefficient (Wildman–Crippen LogP) is 6.83. The summed E-state index contributed by atoms with van der Waals surface area (Å²) in [7, 11) is 5.10. The molecule has 0 bridgehead atoms. The molecule has 5 rings (SSSR count). The van der Waals surface area contributed by atoms with Gasteiger partial charge in [-0.1, -0.05) is 75.4 Å². The minimum Gasteiger partial charge on any atom is -0.508 e. The van der Waals surface area contributed by atoms with E-state index >= 15 is 0 Å². The Balaban J connectivity index is 1.24. The van der Waals surface area contributed by atoms with Crippen LogP contribution in [0.4, 0.5) is 0 Å². The van der Waals surface area contributed by atoms with Crippen LogP contribution < -0.4 is 4.74 Å². The van der Waals surface area contributed by atoms with Crippen LogP contribution >= 0.6 is 32.9 Å².